The third-order valence-corrected chi connectivity index (χ3v) is 4.94. The second kappa shape index (κ2) is 6.26. The Balaban J connectivity index is 2.15. The van der Waals surface area contributed by atoms with E-state index in [1.807, 2.05) is 40.8 Å². The van der Waals surface area contributed by atoms with Crippen molar-refractivity contribution in [2.45, 2.75) is 11.3 Å². The first kappa shape index (κ1) is 15.3. The number of amides is 1. The lowest BCUT2D eigenvalue weighted by Crippen LogP contribution is -2.41. The molecule has 0 aliphatic carbocycles. The lowest BCUT2D eigenvalue weighted by molar-refractivity contribution is -0.118. The van der Waals surface area contributed by atoms with Gasteiger partial charge in [-0.3, -0.25) is 14.6 Å². The van der Waals surface area contributed by atoms with Crippen molar-refractivity contribution in [1.82, 2.24) is 4.98 Å². The van der Waals surface area contributed by atoms with Crippen molar-refractivity contribution in [3.8, 4) is 0 Å². The first-order valence-corrected chi connectivity index (χ1v) is 7.92. The molecule has 1 aromatic heterocycles. The largest absolute Gasteiger partial charge is 0.370 e. The molecule has 3 rings (SSSR count). The van der Waals surface area contributed by atoms with Crippen molar-refractivity contribution in [2.24, 2.45) is 5.73 Å². The molecule has 0 bridgehead atoms. The number of carbonyl (C=O) groups is 2. The predicted molar refractivity (Wildman–Crippen MR) is 90.8 cm³/mol. The van der Waals surface area contributed by atoms with Gasteiger partial charge in [-0.25, -0.2) is 0 Å². The zero-order valence-corrected chi connectivity index (χ0v) is 13.1. The smallest absolute Gasteiger partial charge is 0.221 e. The van der Waals surface area contributed by atoms with Crippen LogP contribution >= 0.6 is 11.8 Å². The molecule has 1 aliphatic heterocycles. The highest BCUT2D eigenvalue weighted by Gasteiger charge is 2.43. The van der Waals surface area contributed by atoms with Gasteiger partial charge in [0.05, 0.1) is 12.1 Å². The number of nitrogens with two attached hydrogens (primary N) is 1. The molecule has 1 amide bonds. The van der Waals surface area contributed by atoms with E-state index >= 15 is 0 Å². The van der Waals surface area contributed by atoms with Crippen molar-refractivity contribution < 1.29 is 9.59 Å². The second-order valence-corrected chi connectivity index (χ2v) is 6.30. The molecular weight excluding hydrogens is 310 g/mol. The average Bonchev–Trinajstić information content (AvgIpc) is 2.99. The normalized spacial score (nSPS) is 19.7. The van der Waals surface area contributed by atoms with Crippen LogP contribution in [0, 0.1) is 0 Å². The fourth-order valence-corrected chi connectivity index (χ4v) is 3.89. The first-order chi connectivity index (χ1) is 11.2. The number of aldehydes is 1. The van der Waals surface area contributed by atoms with Crippen molar-refractivity contribution in [3.63, 3.8) is 0 Å². The minimum absolute atomic E-state index is 0.101. The maximum Gasteiger partial charge on any atom is 0.221 e. The zero-order valence-electron chi connectivity index (χ0n) is 12.3. The Morgan fingerprint density at radius 3 is 2.83 bits per heavy atom. The van der Waals surface area contributed by atoms with Gasteiger partial charge < -0.3 is 10.6 Å². The number of primary amides is 1. The summed E-state index contributed by atoms with van der Waals surface area (Å²) >= 11 is 1.48. The Hall–Kier alpha value is -2.60. The molecule has 2 heterocycles. The topological polar surface area (TPSA) is 76.3 Å². The summed E-state index contributed by atoms with van der Waals surface area (Å²) in [5.74, 6) is -0.418. The van der Waals surface area contributed by atoms with E-state index < -0.39 is 10.8 Å². The number of benzene rings is 1. The molecule has 0 fully saturated rings. The SMILES string of the molecule is NC(=O)CC1(c2cccnc2)SC=CN1c1ccccc1C=O. The fraction of sp³-hybridized carbons (Fsp3) is 0.118. The summed E-state index contributed by atoms with van der Waals surface area (Å²) in [5.41, 5.74) is 7.65. The van der Waals surface area contributed by atoms with Gasteiger partial charge in [0.25, 0.3) is 0 Å². The highest BCUT2D eigenvalue weighted by atomic mass is 32.2. The van der Waals surface area contributed by atoms with Crippen LogP contribution in [0.1, 0.15) is 22.3 Å². The van der Waals surface area contributed by atoms with Gasteiger partial charge in [0.1, 0.15) is 4.87 Å². The van der Waals surface area contributed by atoms with Crippen LogP contribution in [0.5, 0.6) is 0 Å². The van der Waals surface area contributed by atoms with Gasteiger partial charge in [0, 0.05) is 29.7 Å². The van der Waals surface area contributed by atoms with E-state index in [2.05, 4.69) is 4.98 Å². The van der Waals surface area contributed by atoms with Gasteiger partial charge in [-0.1, -0.05) is 30.0 Å². The van der Waals surface area contributed by atoms with E-state index in [-0.39, 0.29) is 6.42 Å². The Morgan fingerprint density at radius 2 is 2.13 bits per heavy atom. The van der Waals surface area contributed by atoms with Crippen molar-refractivity contribution in [1.29, 1.82) is 0 Å². The van der Waals surface area contributed by atoms with Gasteiger partial charge in [-0.05, 0) is 23.6 Å². The van der Waals surface area contributed by atoms with Gasteiger partial charge >= 0.3 is 0 Å². The third-order valence-electron chi connectivity index (χ3n) is 3.71. The highest BCUT2D eigenvalue weighted by molar-refractivity contribution is 8.03. The van der Waals surface area contributed by atoms with Crippen molar-refractivity contribution in [2.75, 3.05) is 4.90 Å². The van der Waals surface area contributed by atoms with E-state index in [1.54, 1.807) is 24.5 Å². The number of thioether (sulfide) groups is 1. The highest BCUT2D eigenvalue weighted by Crippen LogP contribution is 2.50. The van der Waals surface area contributed by atoms with Crippen LogP contribution in [-0.2, 0) is 9.67 Å². The summed E-state index contributed by atoms with van der Waals surface area (Å²) in [6.07, 6.45) is 6.18. The molecule has 1 aliphatic rings. The monoisotopic (exact) mass is 325 g/mol. The van der Waals surface area contributed by atoms with Gasteiger partial charge in [0.15, 0.2) is 6.29 Å². The van der Waals surface area contributed by atoms with Crippen LogP contribution in [0.15, 0.2) is 60.4 Å². The number of aromatic nitrogens is 1. The van der Waals surface area contributed by atoms with E-state index in [0.29, 0.717) is 5.56 Å². The minimum atomic E-state index is -0.737. The summed E-state index contributed by atoms with van der Waals surface area (Å²) in [7, 11) is 0. The van der Waals surface area contributed by atoms with E-state index in [0.717, 1.165) is 17.5 Å². The van der Waals surface area contributed by atoms with Crippen LogP contribution in [0.4, 0.5) is 5.69 Å². The first-order valence-electron chi connectivity index (χ1n) is 7.04. The summed E-state index contributed by atoms with van der Waals surface area (Å²) in [5, 5.41) is 1.90. The Bertz CT molecular complexity index is 763. The molecule has 0 saturated heterocycles. The third kappa shape index (κ3) is 2.73. The van der Waals surface area contributed by atoms with Gasteiger partial charge in [-0.15, -0.1) is 0 Å². The quantitative estimate of drug-likeness (QED) is 0.855. The number of carbonyl (C=O) groups excluding carboxylic acids is 2. The number of anilines is 1. The van der Waals surface area contributed by atoms with Crippen molar-refractivity contribution in [3.05, 3.63) is 71.5 Å². The lowest BCUT2D eigenvalue weighted by atomic mass is 10.0. The molecule has 2 N–H and O–H groups in total. The molecule has 23 heavy (non-hydrogen) atoms. The molecule has 2 aromatic rings. The van der Waals surface area contributed by atoms with E-state index in [4.69, 9.17) is 5.73 Å². The van der Waals surface area contributed by atoms with Crippen LogP contribution in [0.2, 0.25) is 0 Å². The second-order valence-electron chi connectivity index (χ2n) is 5.12. The Labute approximate surface area is 138 Å². The standard InChI is InChI=1S/C17H15N3O2S/c18-16(22)10-17(14-5-3-7-19-11-14)20(8-9-23-17)15-6-2-1-4-13(15)12-21/h1-9,11-12H,10H2,(H2,18,22). The van der Waals surface area contributed by atoms with E-state index in [1.165, 1.54) is 11.8 Å². The fourth-order valence-electron chi connectivity index (χ4n) is 2.73. The summed E-state index contributed by atoms with van der Waals surface area (Å²) in [6.45, 7) is 0. The van der Waals surface area contributed by atoms with Gasteiger partial charge in [-0.2, -0.15) is 0 Å². The molecule has 1 atom stereocenters. The molecule has 5 nitrogen and oxygen atoms in total. The molecule has 116 valence electrons. The average molecular weight is 325 g/mol. The molecule has 0 spiro atoms. The summed E-state index contributed by atoms with van der Waals surface area (Å²) in [4.78, 5) is 28.5. The molecule has 1 aromatic carbocycles. The number of hydrogen-bond acceptors (Lipinski definition) is 5. The Kier molecular flexibility index (Phi) is 4.16. The van der Waals surface area contributed by atoms with Crippen LogP contribution in [0.25, 0.3) is 0 Å². The number of para-hydroxylation sites is 1. The molecule has 0 radical (unpaired) electrons. The molecular formula is C17H15N3O2S. The van der Waals surface area contributed by atoms with E-state index in [9.17, 15) is 9.59 Å². The number of rotatable bonds is 5. The Morgan fingerprint density at radius 1 is 1.30 bits per heavy atom. The maximum absolute atomic E-state index is 11.7. The summed E-state index contributed by atoms with van der Waals surface area (Å²) in [6, 6.07) is 11.0. The molecule has 1 unspecified atom stereocenters. The lowest BCUT2D eigenvalue weighted by Gasteiger charge is -2.38. The zero-order chi connectivity index (χ0) is 16.3. The van der Waals surface area contributed by atoms with Gasteiger partial charge in [0.2, 0.25) is 5.91 Å². The molecule has 6 heteroatoms. The van der Waals surface area contributed by atoms with Crippen LogP contribution < -0.4 is 10.6 Å². The predicted octanol–water partition coefficient (Wildman–Crippen LogP) is 2.65. The minimum Gasteiger partial charge on any atom is -0.370 e. The number of pyridine rings is 1. The van der Waals surface area contributed by atoms with Crippen molar-refractivity contribution >= 4 is 29.6 Å². The van der Waals surface area contributed by atoms with Crippen LogP contribution in [-0.4, -0.2) is 17.2 Å². The maximum atomic E-state index is 11.7. The van der Waals surface area contributed by atoms with Crippen LogP contribution in [0.3, 0.4) is 0 Å². The number of nitrogens with zero attached hydrogens (tertiary/aromatic N) is 2. The summed E-state index contributed by atoms with van der Waals surface area (Å²) < 4.78 is 0. The molecule has 0 saturated carbocycles. The number of hydrogen-bond donors (Lipinski definition) is 1.